The van der Waals surface area contributed by atoms with Crippen molar-refractivity contribution in [2.45, 2.75) is 6.54 Å². The number of benzene rings is 1. The summed E-state index contributed by atoms with van der Waals surface area (Å²) in [6, 6.07) is 17.1. The predicted octanol–water partition coefficient (Wildman–Crippen LogP) is 4.07. The fraction of sp³-hybridized carbons (Fsp3) is 0.0870. The van der Waals surface area contributed by atoms with E-state index >= 15 is 0 Å². The van der Waals surface area contributed by atoms with Gasteiger partial charge in [-0.05, 0) is 41.8 Å². The first-order valence-electron chi connectivity index (χ1n) is 9.52. The summed E-state index contributed by atoms with van der Waals surface area (Å²) < 4.78 is 11.9. The van der Waals surface area contributed by atoms with E-state index < -0.39 is 11.9 Å². The highest BCUT2D eigenvalue weighted by molar-refractivity contribution is 7.13. The monoisotopic (exact) mass is 433 g/mol. The Kier molecular flexibility index (Phi) is 6.39. The van der Waals surface area contributed by atoms with Gasteiger partial charge in [0, 0.05) is 17.8 Å². The molecule has 4 rings (SSSR count). The Morgan fingerprint density at radius 1 is 1.13 bits per heavy atom. The minimum absolute atomic E-state index is 0.238. The van der Waals surface area contributed by atoms with E-state index in [-0.39, 0.29) is 13.2 Å². The van der Waals surface area contributed by atoms with Crippen LogP contribution in [-0.2, 0) is 20.9 Å². The Labute approximate surface area is 182 Å². The number of hydrogen-bond donors (Lipinski definition) is 1. The molecule has 0 saturated carbocycles. The maximum atomic E-state index is 12.1. The predicted molar refractivity (Wildman–Crippen MR) is 117 cm³/mol. The first kappa shape index (κ1) is 20.4. The van der Waals surface area contributed by atoms with Crippen LogP contribution in [0.2, 0.25) is 0 Å². The average Bonchev–Trinajstić information content (AvgIpc) is 3.56. The largest absolute Gasteiger partial charge is 0.467 e. The van der Waals surface area contributed by atoms with E-state index in [4.69, 9.17) is 9.15 Å². The SMILES string of the molecule is O=C(COC(=O)C=Cc1cn(-c2ccccc2)nc1-c1cccs1)NCc1ccco1. The molecule has 7 nitrogen and oxygen atoms in total. The number of hydrogen-bond acceptors (Lipinski definition) is 6. The number of aromatic nitrogens is 2. The summed E-state index contributed by atoms with van der Waals surface area (Å²) in [7, 11) is 0. The third kappa shape index (κ3) is 5.37. The van der Waals surface area contributed by atoms with Crippen molar-refractivity contribution in [2.75, 3.05) is 6.61 Å². The third-order valence-electron chi connectivity index (χ3n) is 4.30. The highest BCUT2D eigenvalue weighted by atomic mass is 32.1. The van der Waals surface area contributed by atoms with Crippen molar-refractivity contribution in [3.8, 4) is 16.3 Å². The number of nitrogens with one attached hydrogen (secondary N) is 1. The highest BCUT2D eigenvalue weighted by Gasteiger charge is 2.12. The van der Waals surface area contributed by atoms with Gasteiger partial charge in [-0.1, -0.05) is 24.3 Å². The molecule has 4 aromatic rings. The van der Waals surface area contributed by atoms with Gasteiger partial charge in [-0.2, -0.15) is 5.10 Å². The van der Waals surface area contributed by atoms with Gasteiger partial charge >= 0.3 is 5.97 Å². The van der Waals surface area contributed by atoms with Crippen molar-refractivity contribution in [2.24, 2.45) is 0 Å². The third-order valence-corrected chi connectivity index (χ3v) is 5.18. The normalized spacial score (nSPS) is 11.0. The van der Waals surface area contributed by atoms with Crippen LogP contribution in [0.25, 0.3) is 22.3 Å². The average molecular weight is 433 g/mol. The van der Waals surface area contributed by atoms with Crippen molar-refractivity contribution < 1.29 is 18.7 Å². The van der Waals surface area contributed by atoms with Crippen LogP contribution in [0.3, 0.4) is 0 Å². The Bertz CT molecular complexity index is 1160. The molecule has 8 heteroatoms. The maximum Gasteiger partial charge on any atom is 0.331 e. The summed E-state index contributed by atoms with van der Waals surface area (Å²) in [5, 5.41) is 9.26. The van der Waals surface area contributed by atoms with Crippen molar-refractivity contribution in [1.29, 1.82) is 0 Å². The van der Waals surface area contributed by atoms with Gasteiger partial charge in [-0.15, -0.1) is 11.3 Å². The number of thiophene rings is 1. The van der Waals surface area contributed by atoms with Crippen molar-refractivity contribution >= 4 is 29.3 Å². The van der Waals surface area contributed by atoms with Gasteiger partial charge in [0.2, 0.25) is 0 Å². The molecule has 0 atom stereocenters. The summed E-state index contributed by atoms with van der Waals surface area (Å²) >= 11 is 1.56. The van der Waals surface area contributed by atoms with E-state index in [2.05, 4.69) is 10.4 Å². The van der Waals surface area contributed by atoms with Crippen molar-refractivity contribution in [3.05, 3.63) is 89.8 Å². The topological polar surface area (TPSA) is 86.4 Å². The van der Waals surface area contributed by atoms with Gasteiger partial charge in [0.15, 0.2) is 6.61 Å². The van der Waals surface area contributed by atoms with Crippen LogP contribution in [0.4, 0.5) is 0 Å². The lowest BCUT2D eigenvalue weighted by Crippen LogP contribution is -2.27. The minimum Gasteiger partial charge on any atom is -0.467 e. The second-order valence-corrected chi connectivity index (χ2v) is 7.44. The number of ether oxygens (including phenoxy) is 1. The highest BCUT2D eigenvalue weighted by Crippen LogP contribution is 2.28. The van der Waals surface area contributed by atoms with E-state index in [0.717, 1.165) is 21.8 Å². The number of carbonyl (C=O) groups is 2. The molecule has 1 amide bonds. The molecule has 0 spiro atoms. The molecule has 3 aromatic heterocycles. The molecular formula is C23H19N3O4S. The number of nitrogens with zero attached hydrogens (tertiary/aromatic N) is 2. The van der Waals surface area contributed by atoms with E-state index in [1.54, 1.807) is 34.2 Å². The molecule has 1 aromatic carbocycles. The Morgan fingerprint density at radius 3 is 2.74 bits per heavy atom. The van der Waals surface area contributed by atoms with E-state index in [1.165, 1.54) is 12.3 Å². The van der Waals surface area contributed by atoms with Gasteiger partial charge < -0.3 is 14.5 Å². The molecule has 0 aliphatic carbocycles. The maximum absolute atomic E-state index is 12.1. The number of furan rings is 1. The first-order chi connectivity index (χ1) is 15.2. The molecular weight excluding hydrogens is 414 g/mol. The lowest BCUT2D eigenvalue weighted by Gasteiger charge is -2.03. The van der Waals surface area contributed by atoms with Crippen LogP contribution in [0.15, 0.2) is 82.9 Å². The number of amides is 1. The Hall–Kier alpha value is -3.91. The van der Waals surface area contributed by atoms with E-state index in [9.17, 15) is 9.59 Å². The van der Waals surface area contributed by atoms with Gasteiger partial charge in [0.1, 0.15) is 11.5 Å². The molecule has 0 radical (unpaired) electrons. The second kappa shape index (κ2) is 9.73. The van der Waals surface area contributed by atoms with Crippen LogP contribution in [0, 0.1) is 0 Å². The van der Waals surface area contributed by atoms with Crippen molar-refractivity contribution in [1.82, 2.24) is 15.1 Å². The van der Waals surface area contributed by atoms with Crippen LogP contribution in [0.1, 0.15) is 11.3 Å². The summed E-state index contributed by atoms with van der Waals surface area (Å²) in [4.78, 5) is 24.9. The zero-order valence-corrected chi connectivity index (χ0v) is 17.2. The zero-order chi connectivity index (χ0) is 21.5. The minimum atomic E-state index is -0.613. The van der Waals surface area contributed by atoms with Gasteiger partial charge in [0.05, 0.1) is 23.4 Å². The van der Waals surface area contributed by atoms with E-state index in [0.29, 0.717) is 5.76 Å². The van der Waals surface area contributed by atoms with Crippen LogP contribution < -0.4 is 5.32 Å². The van der Waals surface area contributed by atoms with Gasteiger partial charge in [-0.3, -0.25) is 4.79 Å². The molecule has 1 N–H and O–H groups in total. The van der Waals surface area contributed by atoms with Gasteiger partial charge in [-0.25, -0.2) is 9.48 Å². The van der Waals surface area contributed by atoms with Crippen LogP contribution in [-0.4, -0.2) is 28.3 Å². The summed E-state index contributed by atoms with van der Waals surface area (Å²) in [6.07, 6.45) is 6.31. The summed E-state index contributed by atoms with van der Waals surface area (Å²) in [6.45, 7) is -0.132. The molecule has 0 unspecified atom stereocenters. The smallest absolute Gasteiger partial charge is 0.331 e. The standard InChI is InChI=1S/C23H19N3O4S/c27-21(24-14-19-8-4-12-29-19)16-30-22(28)11-10-17-15-26(18-6-2-1-3-7-18)25-23(17)20-9-5-13-31-20/h1-13,15H,14,16H2,(H,24,27). The summed E-state index contributed by atoms with van der Waals surface area (Å²) in [5.41, 5.74) is 2.44. The number of rotatable bonds is 8. The molecule has 0 saturated heterocycles. The zero-order valence-electron chi connectivity index (χ0n) is 16.4. The fourth-order valence-corrected chi connectivity index (χ4v) is 3.55. The molecule has 156 valence electrons. The molecule has 0 aliphatic rings. The molecule has 0 fully saturated rings. The molecule has 0 aliphatic heterocycles. The van der Waals surface area contributed by atoms with E-state index in [1.807, 2.05) is 54.0 Å². The molecule has 3 heterocycles. The van der Waals surface area contributed by atoms with Crippen molar-refractivity contribution in [3.63, 3.8) is 0 Å². The van der Waals surface area contributed by atoms with Gasteiger partial charge in [0.25, 0.3) is 5.91 Å². The first-order valence-corrected chi connectivity index (χ1v) is 10.4. The second-order valence-electron chi connectivity index (χ2n) is 6.49. The lowest BCUT2D eigenvalue weighted by atomic mass is 10.2. The quantitative estimate of drug-likeness (QED) is 0.334. The molecule has 31 heavy (non-hydrogen) atoms. The van der Waals surface area contributed by atoms with Crippen LogP contribution in [0.5, 0.6) is 0 Å². The Morgan fingerprint density at radius 2 is 2.00 bits per heavy atom. The summed E-state index contributed by atoms with van der Waals surface area (Å²) in [5.74, 6) is -0.400. The van der Waals surface area contributed by atoms with Crippen LogP contribution >= 0.6 is 11.3 Å². The fourth-order valence-electron chi connectivity index (χ4n) is 2.82. The number of carbonyl (C=O) groups excluding carboxylic acids is 2. The molecule has 0 bridgehead atoms. The number of esters is 1. The Balaban J connectivity index is 1.41. The number of para-hydroxylation sites is 1. The lowest BCUT2D eigenvalue weighted by molar-refractivity contribution is -0.143.